The lowest BCUT2D eigenvalue weighted by atomic mass is 10.1. The number of piperidine rings is 1. The Hall–Kier alpha value is -3.51. The number of nitrogen functional groups attached to an aromatic ring is 1. The van der Waals surface area contributed by atoms with Crippen LogP contribution in [0.1, 0.15) is 50.2 Å². The van der Waals surface area contributed by atoms with Crippen molar-refractivity contribution >= 4 is 35.0 Å². The van der Waals surface area contributed by atoms with Crippen LogP contribution in [0.3, 0.4) is 0 Å². The minimum Gasteiger partial charge on any atom is -0.465 e. The molecule has 0 bridgehead atoms. The van der Waals surface area contributed by atoms with E-state index in [1.807, 2.05) is 0 Å². The number of esters is 1. The van der Waals surface area contributed by atoms with Gasteiger partial charge in [0.05, 0.1) is 22.7 Å². The Labute approximate surface area is 184 Å². The summed E-state index contributed by atoms with van der Waals surface area (Å²) in [5.74, 6) is 5.26. The Kier molecular flexibility index (Phi) is 7.15. The number of rotatable bonds is 4. The van der Waals surface area contributed by atoms with Crippen molar-refractivity contribution < 1.29 is 24.2 Å². The third-order valence-corrected chi connectivity index (χ3v) is 5.79. The molecule has 162 valence electrons. The molecule has 1 saturated heterocycles. The van der Waals surface area contributed by atoms with E-state index in [1.165, 1.54) is 16.2 Å². The van der Waals surface area contributed by atoms with Crippen molar-refractivity contribution in [2.24, 2.45) is 0 Å². The second-order valence-corrected chi connectivity index (χ2v) is 8.04. The molecule has 4 N–H and O–H groups in total. The summed E-state index contributed by atoms with van der Waals surface area (Å²) in [5, 5.41) is 12.0. The van der Waals surface area contributed by atoms with Gasteiger partial charge in [-0.3, -0.25) is 4.79 Å². The Balaban J connectivity index is 1.65. The topological polar surface area (TPSA) is 122 Å². The first-order valence-corrected chi connectivity index (χ1v) is 10.7. The number of likely N-dealkylation sites (tertiary alicyclic amines) is 1. The third kappa shape index (κ3) is 5.77. The molecule has 0 saturated carbocycles. The molecule has 1 aliphatic rings. The molecule has 1 aliphatic heterocycles. The highest BCUT2D eigenvalue weighted by molar-refractivity contribution is 7.15. The molecule has 9 heteroatoms. The van der Waals surface area contributed by atoms with Crippen molar-refractivity contribution in [1.29, 1.82) is 0 Å². The van der Waals surface area contributed by atoms with Gasteiger partial charge in [-0.2, -0.15) is 0 Å². The van der Waals surface area contributed by atoms with Crippen LogP contribution in [0.25, 0.3) is 0 Å². The molecule has 1 fully saturated rings. The van der Waals surface area contributed by atoms with Gasteiger partial charge < -0.3 is 25.8 Å². The minimum absolute atomic E-state index is 0.244. The number of ether oxygens (including phenoxy) is 1. The third-order valence-electron chi connectivity index (χ3n) is 4.72. The molecule has 1 unspecified atom stereocenters. The second-order valence-electron chi connectivity index (χ2n) is 6.98. The maximum absolute atomic E-state index is 12.6. The molecule has 0 aliphatic carbocycles. The first kappa shape index (κ1) is 22.2. The lowest BCUT2D eigenvalue weighted by Gasteiger charge is -2.31. The molecule has 2 amide bonds. The van der Waals surface area contributed by atoms with E-state index in [2.05, 4.69) is 17.2 Å². The SMILES string of the molecule is CCOC(=O)c1ccc(C#Cc2cc(N)c(C(=O)NC3CCCN(C(=O)O)C3)s2)cc1. The zero-order valence-corrected chi connectivity index (χ0v) is 17.8. The lowest BCUT2D eigenvalue weighted by Crippen LogP contribution is -2.49. The van der Waals surface area contributed by atoms with Gasteiger partial charge in [0.25, 0.3) is 5.91 Å². The van der Waals surface area contributed by atoms with Gasteiger partial charge in [0, 0.05) is 24.7 Å². The molecule has 31 heavy (non-hydrogen) atoms. The van der Waals surface area contributed by atoms with Crippen LogP contribution in [0.4, 0.5) is 10.5 Å². The Morgan fingerprint density at radius 2 is 2.03 bits per heavy atom. The van der Waals surface area contributed by atoms with Gasteiger partial charge in [-0.15, -0.1) is 11.3 Å². The molecule has 1 atom stereocenters. The summed E-state index contributed by atoms with van der Waals surface area (Å²) in [7, 11) is 0. The number of nitrogens with one attached hydrogen (secondary N) is 1. The molecule has 0 radical (unpaired) electrons. The molecule has 0 spiro atoms. The van der Waals surface area contributed by atoms with Crippen LogP contribution < -0.4 is 11.1 Å². The summed E-state index contributed by atoms with van der Waals surface area (Å²) < 4.78 is 4.95. The summed E-state index contributed by atoms with van der Waals surface area (Å²) in [6.45, 7) is 2.80. The van der Waals surface area contributed by atoms with Crippen molar-refractivity contribution in [2.45, 2.75) is 25.8 Å². The number of thiophene rings is 1. The number of carboxylic acid groups (broad SMARTS) is 1. The number of amides is 2. The predicted molar refractivity (Wildman–Crippen MR) is 117 cm³/mol. The van der Waals surface area contributed by atoms with E-state index in [0.717, 1.165) is 6.42 Å². The van der Waals surface area contributed by atoms with Crippen LogP contribution in [0.2, 0.25) is 0 Å². The average molecular weight is 442 g/mol. The maximum Gasteiger partial charge on any atom is 0.407 e. The van der Waals surface area contributed by atoms with E-state index in [1.54, 1.807) is 37.3 Å². The van der Waals surface area contributed by atoms with Gasteiger partial charge in [0.15, 0.2) is 0 Å². The highest BCUT2D eigenvalue weighted by Gasteiger charge is 2.25. The number of carbonyl (C=O) groups is 3. The molecular formula is C22H23N3O5S. The monoisotopic (exact) mass is 441 g/mol. The average Bonchev–Trinajstić information content (AvgIpc) is 3.13. The van der Waals surface area contributed by atoms with Crippen molar-refractivity contribution in [3.05, 3.63) is 51.2 Å². The molecule has 1 aromatic carbocycles. The van der Waals surface area contributed by atoms with Crippen LogP contribution in [-0.4, -0.2) is 53.7 Å². The predicted octanol–water partition coefficient (Wildman–Crippen LogP) is 2.78. The standard InChI is InChI=1S/C22H23N3O5S/c1-2-30-21(27)15-8-5-14(6-9-15)7-10-17-12-18(23)19(31-17)20(26)24-16-4-3-11-25(13-16)22(28)29/h5-6,8-9,12,16H,2-4,11,13,23H2,1H3,(H,24,26)(H,28,29). The Bertz CT molecular complexity index is 1040. The summed E-state index contributed by atoms with van der Waals surface area (Å²) in [4.78, 5) is 37.7. The number of carbonyl (C=O) groups excluding carboxylic acids is 2. The van der Waals surface area contributed by atoms with Gasteiger partial charge in [-0.1, -0.05) is 11.8 Å². The zero-order valence-electron chi connectivity index (χ0n) is 17.0. The van der Waals surface area contributed by atoms with Crippen molar-refractivity contribution in [2.75, 3.05) is 25.4 Å². The first-order chi connectivity index (χ1) is 14.9. The van der Waals surface area contributed by atoms with Crippen LogP contribution in [0, 0.1) is 11.8 Å². The largest absolute Gasteiger partial charge is 0.465 e. The molecule has 2 heterocycles. The number of nitrogens with two attached hydrogens (primary N) is 1. The number of hydrogen-bond acceptors (Lipinski definition) is 6. The number of anilines is 1. The van der Waals surface area contributed by atoms with E-state index in [9.17, 15) is 14.4 Å². The number of hydrogen-bond donors (Lipinski definition) is 3. The zero-order chi connectivity index (χ0) is 22.4. The summed E-state index contributed by atoms with van der Waals surface area (Å²) in [6, 6.07) is 8.14. The number of benzene rings is 1. The van der Waals surface area contributed by atoms with Crippen LogP contribution in [0.5, 0.6) is 0 Å². The summed E-state index contributed by atoms with van der Waals surface area (Å²) in [5.41, 5.74) is 7.49. The molecule has 8 nitrogen and oxygen atoms in total. The van der Waals surface area contributed by atoms with E-state index in [-0.39, 0.29) is 24.5 Å². The fourth-order valence-electron chi connectivity index (χ4n) is 3.20. The summed E-state index contributed by atoms with van der Waals surface area (Å²) in [6.07, 6.45) is 0.431. The van der Waals surface area contributed by atoms with E-state index in [4.69, 9.17) is 15.6 Å². The Morgan fingerprint density at radius 3 is 2.71 bits per heavy atom. The van der Waals surface area contributed by atoms with Gasteiger partial charge in [0.1, 0.15) is 4.88 Å². The maximum atomic E-state index is 12.6. The first-order valence-electron chi connectivity index (χ1n) is 9.84. The fourth-order valence-corrected chi connectivity index (χ4v) is 4.04. The Morgan fingerprint density at radius 1 is 1.29 bits per heavy atom. The van der Waals surface area contributed by atoms with Crippen LogP contribution in [0.15, 0.2) is 30.3 Å². The van der Waals surface area contributed by atoms with Crippen LogP contribution >= 0.6 is 11.3 Å². The number of nitrogens with zero attached hydrogens (tertiary/aromatic N) is 1. The molecular weight excluding hydrogens is 418 g/mol. The molecule has 2 aromatic rings. The van der Waals surface area contributed by atoms with E-state index >= 15 is 0 Å². The highest BCUT2D eigenvalue weighted by Crippen LogP contribution is 2.24. The van der Waals surface area contributed by atoms with E-state index in [0.29, 0.717) is 46.1 Å². The summed E-state index contributed by atoms with van der Waals surface area (Å²) >= 11 is 1.18. The van der Waals surface area contributed by atoms with Crippen molar-refractivity contribution in [3.8, 4) is 11.8 Å². The van der Waals surface area contributed by atoms with E-state index < -0.39 is 6.09 Å². The fraction of sp³-hybridized carbons (Fsp3) is 0.318. The van der Waals surface area contributed by atoms with Crippen molar-refractivity contribution in [3.63, 3.8) is 0 Å². The quantitative estimate of drug-likeness (QED) is 0.495. The van der Waals surface area contributed by atoms with Gasteiger partial charge in [0.2, 0.25) is 0 Å². The van der Waals surface area contributed by atoms with Gasteiger partial charge >= 0.3 is 12.1 Å². The van der Waals surface area contributed by atoms with Gasteiger partial charge in [-0.05, 0) is 50.1 Å². The minimum atomic E-state index is -0.984. The van der Waals surface area contributed by atoms with Crippen LogP contribution in [-0.2, 0) is 4.74 Å². The highest BCUT2D eigenvalue weighted by atomic mass is 32.1. The second kappa shape index (κ2) is 10.00. The normalized spacial score (nSPS) is 15.5. The lowest BCUT2D eigenvalue weighted by molar-refractivity contribution is 0.0526. The molecule has 3 rings (SSSR count). The smallest absolute Gasteiger partial charge is 0.407 e. The van der Waals surface area contributed by atoms with Gasteiger partial charge in [-0.25, -0.2) is 9.59 Å². The van der Waals surface area contributed by atoms with Crippen molar-refractivity contribution in [1.82, 2.24) is 10.2 Å². The molecule has 1 aromatic heterocycles.